The lowest BCUT2D eigenvalue weighted by Gasteiger charge is -2.19. The van der Waals surface area contributed by atoms with Gasteiger partial charge in [-0.3, -0.25) is 5.32 Å². The van der Waals surface area contributed by atoms with E-state index in [-0.39, 0.29) is 17.5 Å². The second-order valence-corrected chi connectivity index (χ2v) is 6.81. The van der Waals surface area contributed by atoms with Crippen molar-refractivity contribution in [2.75, 3.05) is 13.1 Å². The number of aliphatic hydroxyl groups excluding tert-OH is 1. The van der Waals surface area contributed by atoms with Crippen molar-refractivity contribution in [2.45, 2.75) is 25.1 Å². The van der Waals surface area contributed by atoms with Crippen molar-refractivity contribution in [1.82, 2.24) is 15.6 Å². The number of aliphatic hydroxyl groups is 1. The van der Waals surface area contributed by atoms with Crippen molar-refractivity contribution in [3.8, 4) is 0 Å². The summed E-state index contributed by atoms with van der Waals surface area (Å²) in [5.74, 6) is 0. The Morgan fingerprint density at radius 1 is 0.871 bits per heavy atom. The second kappa shape index (κ2) is 9.21. The summed E-state index contributed by atoms with van der Waals surface area (Å²) in [5, 5.41) is 15.9. The summed E-state index contributed by atoms with van der Waals surface area (Å²) >= 11 is 0. The molecule has 0 aliphatic carbocycles. The Labute approximate surface area is 173 Å². The highest BCUT2D eigenvalue weighted by Gasteiger charge is 2.37. The molecule has 0 aliphatic heterocycles. The minimum absolute atomic E-state index is 0.165. The third-order valence-corrected chi connectivity index (χ3v) is 4.57. The molecule has 3 rings (SSSR count). The Morgan fingerprint density at radius 3 is 2.23 bits per heavy atom. The summed E-state index contributed by atoms with van der Waals surface area (Å²) in [6.45, 7) is 1.08. The number of aromatic nitrogens is 1. The first kappa shape index (κ1) is 23.0. The number of hydrogen-bond donors (Lipinski definition) is 3. The lowest BCUT2D eigenvalue weighted by Crippen LogP contribution is -2.30. The molecule has 4 nitrogen and oxygen atoms in total. The van der Waals surface area contributed by atoms with Crippen LogP contribution in [0.25, 0.3) is 10.9 Å². The van der Waals surface area contributed by atoms with Gasteiger partial charge >= 0.3 is 12.4 Å². The summed E-state index contributed by atoms with van der Waals surface area (Å²) in [6, 6.07) is 12.9. The first-order chi connectivity index (χ1) is 14.6. The molecule has 3 aromatic rings. The number of nitrogens with zero attached hydrogens (tertiary/aromatic N) is 1. The van der Waals surface area contributed by atoms with E-state index < -0.39 is 35.4 Å². The predicted molar refractivity (Wildman–Crippen MR) is 103 cm³/mol. The maximum atomic E-state index is 13.3. The average Bonchev–Trinajstić information content (AvgIpc) is 2.71. The van der Waals surface area contributed by atoms with Crippen LogP contribution in [-0.4, -0.2) is 23.2 Å². The van der Waals surface area contributed by atoms with Crippen LogP contribution in [0, 0.1) is 0 Å². The Morgan fingerprint density at radius 2 is 1.58 bits per heavy atom. The van der Waals surface area contributed by atoms with Gasteiger partial charge in [0.15, 0.2) is 0 Å². The molecule has 31 heavy (non-hydrogen) atoms. The van der Waals surface area contributed by atoms with Crippen LogP contribution >= 0.6 is 0 Å². The van der Waals surface area contributed by atoms with Crippen molar-refractivity contribution >= 4 is 10.9 Å². The summed E-state index contributed by atoms with van der Waals surface area (Å²) in [6.07, 6.45) is -11.5. The lowest BCUT2D eigenvalue weighted by atomic mass is 10.0. The van der Waals surface area contributed by atoms with Gasteiger partial charge in [-0.05, 0) is 17.7 Å². The van der Waals surface area contributed by atoms with Crippen LogP contribution in [-0.2, 0) is 18.9 Å². The predicted octanol–water partition coefficient (Wildman–Crippen LogP) is 4.64. The van der Waals surface area contributed by atoms with Crippen LogP contribution < -0.4 is 10.6 Å². The highest BCUT2D eigenvalue weighted by Crippen LogP contribution is 2.38. The van der Waals surface area contributed by atoms with E-state index in [1.165, 1.54) is 6.07 Å². The molecular weight excluding hydrogens is 424 g/mol. The Bertz CT molecular complexity index is 1020. The minimum Gasteiger partial charge on any atom is -0.374 e. The molecule has 3 N–H and O–H groups in total. The first-order valence-corrected chi connectivity index (χ1v) is 9.31. The number of halogens is 6. The molecular formula is C21H19F6N3O. The van der Waals surface area contributed by atoms with Gasteiger partial charge in [-0.1, -0.05) is 42.5 Å². The summed E-state index contributed by atoms with van der Waals surface area (Å²) in [5.41, 5.74) is -2.96. The zero-order valence-electron chi connectivity index (χ0n) is 16.1. The van der Waals surface area contributed by atoms with Crippen molar-refractivity contribution in [3.63, 3.8) is 0 Å². The number of pyridine rings is 1. The fourth-order valence-electron chi connectivity index (χ4n) is 3.11. The van der Waals surface area contributed by atoms with E-state index in [1.54, 1.807) is 0 Å². The van der Waals surface area contributed by atoms with E-state index in [1.807, 2.05) is 30.3 Å². The maximum absolute atomic E-state index is 13.3. The van der Waals surface area contributed by atoms with Gasteiger partial charge in [0.25, 0.3) is 0 Å². The second-order valence-electron chi connectivity index (χ2n) is 6.81. The van der Waals surface area contributed by atoms with Crippen LogP contribution in [0.3, 0.4) is 0 Å². The van der Waals surface area contributed by atoms with E-state index >= 15 is 0 Å². The highest BCUT2D eigenvalue weighted by atomic mass is 19.4. The third-order valence-electron chi connectivity index (χ3n) is 4.57. The fourth-order valence-corrected chi connectivity index (χ4v) is 3.11. The van der Waals surface area contributed by atoms with E-state index in [0.29, 0.717) is 25.2 Å². The van der Waals surface area contributed by atoms with E-state index in [0.717, 1.165) is 11.6 Å². The third kappa shape index (κ3) is 5.72. The Balaban J connectivity index is 1.81. The molecule has 0 saturated heterocycles. The monoisotopic (exact) mass is 443 g/mol. The van der Waals surface area contributed by atoms with Crippen LogP contribution in [0.5, 0.6) is 0 Å². The van der Waals surface area contributed by atoms with Gasteiger partial charge < -0.3 is 10.4 Å². The van der Waals surface area contributed by atoms with Gasteiger partial charge in [-0.15, -0.1) is 0 Å². The molecule has 1 heterocycles. The lowest BCUT2D eigenvalue weighted by molar-refractivity contribution is -0.142. The molecule has 1 unspecified atom stereocenters. The maximum Gasteiger partial charge on any atom is 0.433 e. The smallest absolute Gasteiger partial charge is 0.374 e. The highest BCUT2D eigenvalue weighted by molar-refractivity contribution is 5.86. The SMILES string of the molecule is OC(NCCNCc1ccccc1)c1cc(C(F)(F)F)nc2c(C(F)(F)F)cccc12. The summed E-state index contributed by atoms with van der Waals surface area (Å²) in [4.78, 5) is 3.20. The molecule has 166 valence electrons. The molecule has 1 aromatic heterocycles. The summed E-state index contributed by atoms with van der Waals surface area (Å²) < 4.78 is 79.6. The van der Waals surface area contributed by atoms with Gasteiger partial charge in [0.2, 0.25) is 0 Å². The topological polar surface area (TPSA) is 57.2 Å². The molecule has 2 aromatic carbocycles. The molecule has 10 heteroatoms. The number of hydrogen-bond acceptors (Lipinski definition) is 4. The van der Waals surface area contributed by atoms with Crippen molar-refractivity contribution < 1.29 is 31.4 Å². The first-order valence-electron chi connectivity index (χ1n) is 9.31. The quantitative estimate of drug-likeness (QED) is 0.283. The van der Waals surface area contributed by atoms with Crippen LogP contribution in [0.2, 0.25) is 0 Å². The van der Waals surface area contributed by atoms with Gasteiger partial charge in [0, 0.05) is 30.6 Å². The van der Waals surface area contributed by atoms with E-state index in [2.05, 4.69) is 15.6 Å². The molecule has 0 fully saturated rings. The van der Waals surface area contributed by atoms with Crippen LogP contribution in [0.15, 0.2) is 54.6 Å². The molecule has 0 aliphatic rings. The van der Waals surface area contributed by atoms with Gasteiger partial charge in [0.1, 0.15) is 11.9 Å². The van der Waals surface area contributed by atoms with Gasteiger partial charge in [-0.2, -0.15) is 26.3 Å². The number of fused-ring (bicyclic) bond motifs is 1. The largest absolute Gasteiger partial charge is 0.433 e. The van der Waals surface area contributed by atoms with Gasteiger partial charge in [-0.25, -0.2) is 4.98 Å². The molecule has 0 bridgehead atoms. The van der Waals surface area contributed by atoms with Crippen LogP contribution in [0.4, 0.5) is 26.3 Å². The van der Waals surface area contributed by atoms with Crippen molar-refractivity contribution in [2.24, 2.45) is 0 Å². The fraction of sp³-hybridized carbons (Fsp3) is 0.286. The molecule has 0 radical (unpaired) electrons. The molecule has 0 spiro atoms. The van der Waals surface area contributed by atoms with Crippen LogP contribution in [0.1, 0.15) is 28.6 Å². The Hall–Kier alpha value is -2.69. The molecule has 0 amide bonds. The van der Waals surface area contributed by atoms with E-state index in [4.69, 9.17) is 0 Å². The molecule has 0 saturated carbocycles. The normalized spacial score (nSPS) is 13.5. The number of para-hydroxylation sites is 1. The zero-order valence-corrected chi connectivity index (χ0v) is 16.1. The van der Waals surface area contributed by atoms with Gasteiger partial charge in [0.05, 0.1) is 11.1 Å². The number of alkyl halides is 6. The average molecular weight is 443 g/mol. The van der Waals surface area contributed by atoms with Crippen molar-refractivity contribution in [1.29, 1.82) is 0 Å². The number of benzene rings is 2. The number of rotatable bonds is 7. The standard InChI is InChI=1S/C21H19F6N3O/c22-20(23,24)16-8-4-7-14-15(11-17(21(25,26)27)30-18(14)16)19(31)29-10-9-28-12-13-5-2-1-3-6-13/h1-8,11,19,28-29,31H,9-10,12H2. The Kier molecular flexibility index (Phi) is 6.83. The summed E-state index contributed by atoms with van der Waals surface area (Å²) in [7, 11) is 0. The van der Waals surface area contributed by atoms with E-state index in [9.17, 15) is 31.4 Å². The molecule has 1 atom stereocenters. The minimum atomic E-state index is -4.97. The zero-order chi connectivity index (χ0) is 22.6. The number of nitrogens with one attached hydrogen (secondary N) is 2. The van der Waals surface area contributed by atoms with Crippen molar-refractivity contribution in [3.05, 3.63) is 77.0 Å².